The van der Waals surface area contributed by atoms with E-state index in [4.69, 9.17) is 11.6 Å². The minimum atomic E-state index is -0.0374. The molecule has 0 nitrogen and oxygen atoms in total. The highest BCUT2D eigenvalue weighted by Crippen LogP contribution is 2.28. The molecule has 0 aliphatic heterocycles. The van der Waals surface area contributed by atoms with E-state index < -0.39 is 0 Å². The van der Waals surface area contributed by atoms with Gasteiger partial charge in [0.05, 0.1) is 0 Å². The number of rotatable bonds is 3. The van der Waals surface area contributed by atoms with Crippen molar-refractivity contribution in [2.45, 2.75) is 45.9 Å². The molecule has 1 unspecified atom stereocenters. The lowest BCUT2D eigenvalue weighted by atomic mass is 9.89. The first-order chi connectivity index (χ1) is 4.34. The molecule has 0 saturated carbocycles. The lowest BCUT2D eigenvalue weighted by Gasteiger charge is -2.26. The summed E-state index contributed by atoms with van der Waals surface area (Å²) in [6.45, 7) is 10.9. The Bertz CT molecular complexity index is 89.4. The van der Waals surface area contributed by atoms with E-state index >= 15 is 0 Å². The molecule has 0 aliphatic carbocycles. The van der Waals surface area contributed by atoms with E-state index in [1.807, 2.05) is 0 Å². The van der Waals surface area contributed by atoms with Crippen LogP contribution in [0.25, 0.3) is 0 Å². The molecule has 0 aromatic heterocycles. The summed E-state index contributed by atoms with van der Waals surface area (Å²) in [5, 5.41) is 0. The van der Waals surface area contributed by atoms with Gasteiger partial charge in [-0.25, -0.2) is 0 Å². The quantitative estimate of drug-likeness (QED) is 0.556. The summed E-state index contributed by atoms with van der Waals surface area (Å²) in [5.74, 6) is 1.36. The van der Waals surface area contributed by atoms with Crippen LogP contribution >= 0.6 is 11.6 Å². The Hall–Kier alpha value is 0.290. The Balaban J connectivity index is 3.73. The molecule has 0 N–H and O–H groups in total. The summed E-state index contributed by atoms with van der Waals surface area (Å²) in [4.78, 5) is -0.0374. The van der Waals surface area contributed by atoms with Crippen LogP contribution in [0.15, 0.2) is 0 Å². The van der Waals surface area contributed by atoms with E-state index in [9.17, 15) is 0 Å². The van der Waals surface area contributed by atoms with Crippen molar-refractivity contribution >= 4 is 11.6 Å². The van der Waals surface area contributed by atoms with Crippen molar-refractivity contribution in [3.8, 4) is 0 Å². The average molecular weight is 163 g/mol. The molecular formula is C9H19Cl. The first-order valence-corrected chi connectivity index (χ1v) is 4.40. The third-order valence-electron chi connectivity index (χ3n) is 2.00. The molecule has 1 heteroatoms. The van der Waals surface area contributed by atoms with Crippen LogP contribution in [0.3, 0.4) is 0 Å². The fourth-order valence-electron chi connectivity index (χ4n) is 0.987. The second-order valence-electron chi connectivity index (χ2n) is 4.10. The molecule has 0 amide bonds. The van der Waals surface area contributed by atoms with Gasteiger partial charge in [-0.05, 0) is 32.1 Å². The van der Waals surface area contributed by atoms with Crippen molar-refractivity contribution in [3.05, 3.63) is 0 Å². The lowest BCUT2D eigenvalue weighted by Crippen LogP contribution is -2.23. The second-order valence-corrected chi connectivity index (χ2v) is 5.07. The van der Waals surface area contributed by atoms with Crippen LogP contribution in [0.1, 0.15) is 41.0 Å². The third kappa shape index (κ3) is 4.16. The number of alkyl halides is 1. The van der Waals surface area contributed by atoms with Crippen LogP contribution in [0, 0.1) is 11.8 Å². The zero-order valence-electron chi connectivity index (χ0n) is 7.74. The van der Waals surface area contributed by atoms with Gasteiger partial charge in [-0.2, -0.15) is 0 Å². The highest BCUT2D eigenvalue weighted by atomic mass is 35.5. The second kappa shape index (κ2) is 3.61. The van der Waals surface area contributed by atoms with Gasteiger partial charge in [0.25, 0.3) is 0 Å². The molecule has 0 aromatic carbocycles. The maximum absolute atomic E-state index is 6.13. The van der Waals surface area contributed by atoms with E-state index in [2.05, 4.69) is 34.6 Å². The van der Waals surface area contributed by atoms with E-state index in [0.29, 0.717) is 5.92 Å². The van der Waals surface area contributed by atoms with Crippen LogP contribution < -0.4 is 0 Å². The predicted octanol–water partition coefficient (Wildman–Crippen LogP) is 3.69. The van der Waals surface area contributed by atoms with Crippen molar-refractivity contribution in [3.63, 3.8) is 0 Å². The molecule has 0 rings (SSSR count). The molecule has 0 radical (unpaired) electrons. The standard InChI is InChI=1S/C9H19Cl/c1-7(2)6-8(3)9(4,5)10/h7-8H,6H2,1-5H3. The van der Waals surface area contributed by atoms with E-state index in [1.165, 1.54) is 6.42 Å². The number of hydrogen-bond acceptors (Lipinski definition) is 0. The number of halogens is 1. The van der Waals surface area contributed by atoms with Crippen molar-refractivity contribution in [1.29, 1.82) is 0 Å². The summed E-state index contributed by atoms with van der Waals surface area (Å²) in [7, 11) is 0. The van der Waals surface area contributed by atoms with Crippen LogP contribution in [0.4, 0.5) is 0 Å². The lowest BCUT2D eigenvalue weighted by molar-refractivity contribution is 0.367. The molecule has 0 bridgehead atoms. The molecule has 10 heavy (non-hydrogen) atoms. The van der Waals surface area contributed by atoms with Gasteiger partial charge in [0.1, 0.15) is 0 Å². The summed E-state index contributed by atoms with van der Waals surface area (Å²) in [6.07, 6.45) is 1.22. The van der Waals surface area contributed by atoms with Gasteiger partial charge < -0.3 is 0 Å². The van der Waals surface area contributed by atoms with E-state index in [-0.39, 0.29) is 4.87 Å². The zero-order valence-corrected chi connectivity index (χ0v) is 8.50. The smallest absolute Gasteiger partial charge is 0.0416 e. The zero-order chi connectivity index (χ0) is 8.36. The van der Waals surface area contributed by atoms with Crippen molar-refractivity contribution < 1.29 is 0 Å². The van der Waals surface area contributed by atoms with Crippen LogP contribution in [0.5, 0.6) is 0 Å². The topological polar surface area (TPSA) is 0 Å². The Morgan fingerprint density at radius 2 is 1.60 bits per heavy atom. The highest BCUT2D eigenvalue weighted by molar-refractivity contribution is 6.23. The first kappa shape index (κ1) is 10.3. The first-order valence-electron chi connectivity index (χ1n) is 4.03. The molecule has 62 valence electrons. The minimum Gasteiger partial charge on any atom is -0.120 e. The van der Waals surface area contributed by atoms with Gasteiger partial charge in [0, 0.05) is 4.87 Å². The molecule has 0 spiro atoms. The fourth-order valence-corrected chi connectivity index (χ4v) is 1.08. The van der Waals surface area contributed by atoms with Crippen molar-refractivity contribution in [1.82, 2.24) is 0 Å². The van der Waals surface area contributed by atoms with Gasteiger partial charge >= 0.3 is 0 Å². The Kier molecular flexibility index (Phi) is 3.72. The fraction of sp³-hybridized carbons (Fsp3) is 1.00. The Labute approximate surface area is 70.0 Å². The van der Waals surface area contributed by atoms with Crippen molar-refractivity contribution in [2.75, 3.05) is 0 Å². The van der Waals surface area contributed by atoms with Crippen molar-refractivity contribution in [2.24, 2.45) is 11.8 Å². The highest BCUT2D eigenvalue weighted by Gasteiger charge is 2.22. The summed E-state index contributed by atoms with van der Waals surface area (Å²) in [5.41, 5.74) is 0. The SMILES string of the molecule is CC(C)CC(C)C(C)(C)Cl. The molecule has 0 heterocycles. The molecule has 0 fully saturated rings. The molecule has 0 aliphatic rings. The Morgan fingerprint density at radius 1 is 1.20 bits per heavy atom. The number of hydrogen-bond donors (Lipinski definition) is 0. The van der Waals surface area contributed by atoms with Crippen LogP contribution in [-0.4, -0.2) is 4.87 Å². The van der Waals surface area contributed by atoms with Gasteiger partial charge in [-0.3, -0.25) is 0 Å². The van der Waals surface area contributed by atoms with Gasteiger partial charge in [-0.1, -0.05) is 20.8 Å². The van der Waals surface area contributed by atoms with Crippen LogP contribution in [-0.2, 0) is 0 Å². The predicted molar refractivity (Wildman–Crippen MR) is 48.6 cm³/mol. The summed E-state index contributed by atoms with van der Waals surface area (Å²) < 4.78 is 0. The van der Waals surface area contributed by atoms with Gasteiger partial charge in [-0.15, -0.1) is 11.6 Å². The maximum Gasteiger partial charge on any atom is 0.0416 e. The van der Waals surface area contributed by atoms with E-state index in [0.717, 1.165) is 5.92 Å². The maximum atomic E-state index is 6.13. The van der Waals surface area contributed by atoms with Gasteiger partial charge in [0.15, 0.2) is 0 Å². The normalized spacial score (nSPS) is 15.9. The van der Waals surface area contributed by atoms with E-state index in [1.54, 1.807) is 0 Å². The largest absolute Gasteiger partial charge is 0.120 e. The Morgan fingerprint density at radius 3 is 1.70 bits per heavy atom. The molecule has 0 aromatic rings. The molecule has 1 atom stereocenters. The molecular weight excluding hydrogens is 144 g/mol. The monoisotopic (exact) mass is 162 g/mol. The van der Waals surface area contributed by atoms with Crippen LogP contribution in [0.2, 0.25) is 0 Å². The average Bonchev–Trinajstić information content (AvgIpc) is 1.60. The summed E-state index contributed by atoms with van der Waals surface area (Å²) >= 11 is 6.13. The summed E-state index contributed by atoms with van der Waals surface area (Å²) in [6, 6.07) is 0. The minimum absolute atomic E-state index is 0.0374. The van der Waals surface area contributed by atoms with Gasteiger partial charge in [0.2, 0.25) is 0 Å². The molecule has 0 saturated heterocycles. The third-order valence-corrected chi connectivity index (χ3v) is 2.37.